The van der Waals surface area contributed by atoms with Crippen LogP contribution in [0.15, 0.2) is 18.2 Å². The first-order chi connectivity index (χ1) is 7.79. The highest BCUT2D eigenvalue weighted by molar-refractivity contribution is 9.09. The van der Waals surface area contributed by atoms with Crippen LogP contribution in [0.3, 0.4) is 0 Å². The van der Waals surface area contributed by atoms with Gasteiger partial charge in [0.05, 0.1) is 13.2 Å². The number of fused-ring (bicyclic) bond motifs is 1. The van der Waals surface area contributed by atoms with Crippen molar-refractivity contribution in [2.45, 2.75) is 13.5 Å². The lowest BCUT2D eigenvalue weighted by Crippen LogP contribution is -2.06. The molecule has 1 atom stereocenters. The molecular weight excluding hydrogens is 272 g/mol. The summed E-state index contributed by atoms with van der Waals surface area (Å²) in [7, 11) is 0. The maximum Gasteiger partial charge on any atom is 0.231 e. The topological polar surface area (TPSA) is 27.7 Å². The molecule has 1 aromatic carbocycles. The van der Waals surface area contributed by atoms with E-state index in [4.69, 9.17) is 14.2 Å². The number of benzene rings is 1. The Morgan fingerprint density at radius 3 is 3.00 bits per heavy atom. The molecule has 0 amide bonds. The molecule has 2 rings (SSSR count). The fourth-order valence-electron chi connectivity index (χ4n) is 1.45. The van der Waals surface area contributed by atoms with Crippen molar-refractivity contribution in [3.63, 3.8) is 0 Å². The van der Waals surface area contributed by atoms with Gasteiger partial charge in [0.25, 0.3) is 0 Å². The molecule has 0 saturated heterocycles. The first-order valence-electron chi connectivity index (χ1n) is 5.32. The highest BCUT2D eigenvalue weighted by atomic mass is 79.9. The fraction of sp³-hybridized carbons (Fsp3) is 0.500. The number of halogens is 1. The number of hydrogen-bond acceptors (Lipinski definition) is 3. The summed E-state index contributed by atoms with van der Waals surface area (Å²) in [4.78, 5) is 0. The Kier molecular flexibility index (Phi) is 4.07. The molecule has 88 valence electrons. The van der Waals surface area contributed by atoms with E-state index in [0.717, 1.165) is 29.0 Å². The smallest absolute Gasteiger partial charge is 0.231 e. The Labute approximate surface area is 104 Å². The van der Waals surface area contributed by atoms with Gasteiger partial charge in [0.15, 0.2) is 11.5 Å². The predicted molar refractivity (Wildman–Crippen MR) is 65.2 cm³/mol. The summed E-state index contributed by atoms with van der Waals surface area (Å²) < 4.78 is 16.2. The van der Waals surface area contributed by atoms with Gasteiger partial charge in [-0.25, -0.2) is 0 Å². The van der Waals surface area contributed by atoms with Gasteiger partial charge in [0.2, 0.25) is 6.79 Å². The minimum absolute atomic E-state index is 0.320. The zero-order valence-electron chi connectivity index (χ0n) is 9.24. The van der Waals surface area contributed by atoms with Crippen LogP contribution in [0.4, 0.5) is 0 Å². The summed E-state index contributed by atoms with van der Waals surface area (Å²) in [5.74, 6) is 2.17. The van der Waals surface area contributed by atoms with Gasteiger partial charge in [-0.3, -0.25) is 0 Å². The van der Waals surface area contributed by atoms with Crippen molar-refractivity contribution in [2.24, 2.45) is 5.92 Å². The fourth-order valence-corrected chi connectivity index (χ4v) is 1.64. The lowest BCUT2D eigenvalue weighted by Gasteiger charge is -2.09. The summed E-state index contributed by atoms with van der Waals surface area (Å²) >= 11 is 3.43. The van der Waals surface area contributed by atoms with E-state index in [0.29, 0.717) is 19.3 Å². The van der Waals surface area contributed by atoms with Crippen LogP contribution < -0.4 is 9.47 Å². The lowest BCUT2D eigenvalue weighted by molar-refractivity contribution is 0.0984. The molecule has 4 heteroatoms. The SMILES string of the molecule is CC(CBr)COCc1ccc2c(c1)OCO2. The van der Waals surface area contributed by atoms with Gasteiger partial charge in [0.1, 0.15) is 0 Å². The van der Waals surface area contributed by atoms with Gasteiger partial charge in [-0.2, -0.15) is 0 Å². The van der Waals surface area contributed by atoms with Gasteiger partial charge in [0, 0.05) is 5.33 Å². The van der Waals surface area contributed by atoms with Crippen LogP contribution >= 0.6 is 15.9 Å². The third-order valence-corrected chi connectivity index (χ3v) is 3.48. The van der Waals surface area contributed by atoms with E-state index < -0.39 is 0 Å². The first kappa shape index (κ1) is 11.7. The van der Waals surface area contributed by atoms with Crippen LogP contribution in [0.25, 0.3) is 0 Å². The molecule has 0 radical (unpaired) electrons. The third-order valence-electron chi connectivity index (χ3n) is 2.37. The maximum atomic E-state index is 5.61. The zero-order chi connectivity index (χ0) is 11.4. The van der Waals surface area contributed by atoms with Gasteiger partial charge in [-0.1, -0.05) is 28.9 Å². The highest BCUT2D eigenvalue weighted by Crippen LogP contribution is 2.32. The van der Waals surface area contributed by atoms with E-state index in [9.17, 15) is 0 Å². The molecule has 0 spiro atoms. The number of alkyl halides is 1. The van der Waals surface area contributed by atoms with Gasteiger partial charge < -0.3 is 14.2 Å². The molecule has 0 fully saturated rings. The molecule has 3 nitrogen and oxygen atoms in total. The summed E-state index contributed by atoms with van der Waals surface area (Å²) in [5.41, 5.74) is 1.12. The second-order valence-corrected chi connectivity index (χ2v) is 4.61. The summed E-state index contributed by atoms with van der Waals surface area (Å²) in [5, 5.41) is 0.966. The van der Waals surface area contributed by atoms with Crippen LogP contribution in [0.2, 0.25) is 0 Å². The molecule has 0 bridgehead atoms. The maximum absolute atomic E-state index is 5.61. The predicted octanol–water partition coefficient (Wildman–Crippen LogP) is 2.96. The second kappa shape index (κ2) is 5.55. The van der Waals surface area contributed by atoms with Crippen LogP contribution in [0.5, 0.6) is 11.5 Å². The van der Waals surface area contributed by atoms with Crippen molar-refractivity contribution in [2.75, 3.05) is 18.7 Å². The Morgan fingerprint density at radius 2 is 2.19 bits per heavy atom. The average molecular weight is 287 g/mol. The monoisotopic (exact) mass is 286 g/mol. The van der Waals surface area contributed by atoms with Crippen molar-refractivity contribution >= 4 is 15.9 Å². The molecule has 1 aliphatic rings. The Bertz CT molecular complexity index is 354. The van der Waals surface area contributed by atoms with Crippen molar-refractivity contribution in [3.8, 4) is 11.5 Å². The standard InChI is InChI=1S/C12H15BrO3/c1-9(5-13)6-14-7-10-2-3-11-12(4-10)16-8-15-11/h2-4,9H,5-8H2,1H3. The van der Waals surface area contributed by atoms with Crippen molar-refractivity contribution in [3.05, 3.63) is 23.8 Å². The third kappa shape index (κ3) is 2.89. The summed E-state index contributed by atoms with van der Waals surface area (Å²) in [6.07, 6.45) is 0. The van der Waals surface area contributed by atoms with Gasteiger partial charge in [-0.15, -0.1) is 0 Å². The summed E-state index contributed by atoms with van der Waals surface area (Å²) in [6, 6.07) is 5.91. The van der Waals surface area contributed by atoms with Gasteiger partial charge >= 0.3 is 0 Å². The Balaban J connectivity index is 1.86. The van der Waals surface area contributed by atoms with Crippen LogP contribution in [0.1, 0.15) is 12.5 Å². The molecule has 0 aromatic heterocycles. The van der Waals surface area contributed by atoms with Crippen molar-refractivity contribution in [1.29, 1.82) is 0 Å². The second-order valence-electron chi connectivity index (χ2n) is 3.96. The molecule has 1 unspecified atom stereocenters. The quantitative estimate of drug-likeness (QED) is 0.779. The molecule has 1 aromatic rings. The van der Waals surface area contributed by atoms with E-state index >= 15 is 0 Å². The molecular formula is C12H15BrO3. The van der Waals surface area contributed by atoms with E-state index in [1.165, 1.54) is 0 Å². The molecule has 0 N–H and O–H groups in total. The normalized spacial score (nSPS) is 15.1. The Hall–Kier alpha value is -0.740. The number of ether oxygens (including phenoxy) is 3. The van der Waals surface area contributed by atoms with E-state index in [2.05, 4.69) is 22.9 Å². The van der Waals surface area contributed by atoms with Crippen LogP contribution in [-0.4, -0.2) is 18.7 Å². The first-order valence-corrected chi connectivity index (χ1v) is 6.44. The molecule has 16 heavy (non-hydrogen) atoms. The zero-order valence-corrected chi connectivity index (χ0v) is 10.8. The van der Waals surface area contributed by atoms with Gasteiger partial charge in [-0.05, 0) is 23.6 Å². The average Bonchev–Trinajstić information content (AvgIpc) is 2.76. The molecule has 0 saturated carbocycles. The lowest BCUT2D eigenvalue weighted by atomic mass is 10.2. The molecule has 1 heterocycles. The van der Waals surface area contributed by atoms with E-state index in [1.807, 2.05) is 18.2 Å². The minimum Gasteiger partial charge on any atom is -0.454 e. The number of hydrogen-bond donors (Lipinski definition) is 0. The summed E-state index contributed by atoms with van der Waals surface area (Å²) in [6.45, 7) is 3.85. The number of rotatable bonds is 5. The largest absolute Gasteiger partial charge is 0.454 e. The highest BCUT2D eigenvalue weighted by Gasteiger charge is 2.13. The molecule has 1 aliphatic heterocycles. The van der Waals surface area contributed by atoms with Crippen LogP contribution in [-0.2, 0) is 11.3 Å². The van der Waals surface area contributed by atoms with E-state index in [-0.39, 0.29) is 0 Å². The van der Waals surface area contributed by atoms with E-state index in [1.54, 1.807) is 0 Å². The van der Waals surface area contributed by atoms with Crippen molar-refractivity contribution < 1.29 is 14.2 Å². The molecule has 0 aliphatic carbocycles. The minimum atomic E-state index is 0.320. The van der Waals surface area contributed by atoms with Crippen LogP contribution in [0, 0.1) is 5.92 Å². The van der Waals surface area contributed by atoms with Crippen molar-refractivity contribution in [1.82, 2.24) is 0 Å². The Morgan fingerprint density at radius 1 is 1.38 bits per heavy atom.